The number of guanidine groups is 1. The van der Waals surface area contributed by atoms with Crippen LogP contribution in [0.1, 0.15) is 46.2 Å². The number of nitrogens with zero attached hydrogens (tertiary/aromatic N) is 2. The average molecular weight is 347 g/mol. The third kappa shape index (κ3) is 5.72. The van der Waals surface area contributed by atoms with Crippen molar-refractivity contribution in [3.63, 3.8) is 0 Å². The van der Waals surface area contributed by atoms with Crippen LogP contribution < -0.4 is 10.6 Å². The number of aliphatic imine (C=N–C) groups is 1. The number of ether oxygens (including phenoxy) is 1. The standard InChI is InChI=1S/C20H34N4O/c1-15-12-24(13-16(2)25-15)20(4,5)14-22-19(21-6)23-17(3)18-10-8-7-9-11-18/h7-11,15-17H,12-14H2,1-6H3,(H2,21,22,23). The first-order chi connectivity index (χ1) is 11.8. The molecule has 1 aliphatic heterocycles. The second-order valence-corrected chi connectivity index (χ2v) is 7.68. The van der Waals surface area contributed by atoms with Crippen molar-refractivity contribution in [3.8, 4) is 0 Å². The van der Waals surface area contributed by atoms with E-state index in [9.17, 15) is 0 Å². The lowest BCUT2D eigenvalue weighted by Crippen LogP contribution is -2.59. The summed E-state index contributed by atoms with van der Waals surface area (Å²) < 4.78 is 5.86. The zero-order chi connectivity index (χ0) is 18.4. The summed E-state index contributed by atoms with van der Waals surface area (Å²) in [7, 11) is 1.82. The molecule has 3 unspecified atom stereocenters. The van der Waals surface area contributed by atoms with Crippen LogP contribution in [0.25, 0.3) is 0 Å². The molecule has 5 heteroatoms. The van der Waals surface area contributed by atoms with Crippen LogP contribution in [0, 0.1) is 0 Å². The Bertz CT molecular complexity index is 548. The van der Waals surface area contributed by atoms with Gasteiger partial charge in [-0.3, -0.25) is 9.89 Å². The summed E-state index contributed by atoms with van der Waals surface area (Å²) in [5.74, 6) is 0.832. The van der Waals surface area contributed by atoms with Gasteiger partial charge in [0.05, 0.1) is 18.2 Å². The lowest BCUT2D eigenvalue weighted by Gasteiger charge is -2.45. The molecule has 0 radical (unpaired) electrons. The third-order valence-electron chi connectivity index (χ3n) is 4.84. The molecule has 0 saturated carbocycles. The zero-order valence-corrected chi connectivity index (χ0v) is 16.5. The molecule has 1 fully saturated rings. The maximum absolute atomic E-state index is 5.86. The lowest BCUT2D eigenvalue weighted by atomic mass is 10.00. The van der Waals surface area contributed by atoms with E-state index >= 15 is 0 Å². The van der Waals surface area contributed by atoms with Gasteiger partial charge in [0.15, 0.2) is 5.96 Å². The summed E-state index contributed by atoms with van der Waals surface area (Å²) in [6.07, 6.45) is 0.553. The van der Waals surface area contributed by atoms with E-state index in [1.54, 1.807) is 0 Å². The maximum atomic E-state index is 5.86. The molecule has 2 N–H and O–H groups in total. The smallest absolute Gasteiger partial charge is 0.191 e. The van der Waals surface area contributed by atoms with Crippen molar-refractivity contribution in [2.75, 3.05) is 26.7 Å². The quantitative estimate of drug-likeness (QED) is 0.636. The van der Waals surface area contributed by atoms with Crippen molar-refractivity contribution < 1.29 is 4.74 Å². The first-order valence-corrected chi connectivity index (χ1v) is 9.24. The summed E-state index contributed by atoms with van der Waals surface area (Å²) >= 11 is 0. The Hall–Kier alpha value is -1.59. The molecule has 1 aromatic carbocycles. The van der Waals surface area contributed by atoms with Gasteiger partial charge in [0.1, 0.15) is 0 Å². The van der Waals surface area contributed by atoms with E-state index in [1.807, 2.05) is 13.1 Å². The van der Waals surface area contributed by atoms with Gasteiger partial charge in [-0.15, -0.1) is 0 Å². The molecular weight excluding hydrogens is 312 g/mol. The summed E-state index contributed by atoms with van der Waals surface area (Å²) in [5.41, 5.74) is 1.28. The van der Waals surface area contributed by atoms with Gasteiger partial charge in [-0.2, -0.15) is 0 Å². The van der Waals surface area contributed by atoms with Crippen molar-refractivity contribution >= 4 is 5.96 Å². The van der Waals surface area contributed by atoms with Gasteiger partial charge >= 0.3 is 0 Å². The first kappa shape index (κ1) is 19.7. The van der Waals surface area contributed by atoms with Gasteiger partial charge in [-0.25, -0.2) is 0 Å². The fraction of sp³-hybridized carbons (Fsp3) is 0.650. The van der Waals surface area contributed by atoms with Crippen LogP contribution in [-0.4, -0.2) is 55.3 Å². The first-order valence-electron chi connectivity index (χ1n) is 9.24. The molecule has 0 aliphatic carbocycles. The molecule has 0 amide bonds. The van der Waals surface area contributed by atoms with E-state index in [0.29, 0.717) is 0 Å². The Balaban J connectivity index is 1.91. The van der Waals surface area contributed by atoms with Crippen LogP contribution >= 0.6 is 0 Å². The van der Waals surface area contributed by atoms with Crippen molar-refractivity contribution in [2.24, 2.45) is 4.99 Å². The summed E-state index contributed by atoms with van der Waals surface area (Å²) in [6.45, 7) is 13.8. The van der Waals surface area contributed by atoms with E-state index in [0.717, 1.165) is 25.6 Å². The molecule has 2 rings (SSSR count). The van der Waals surface area contributed by atoms with Crippen LogP contribution in [0.4, 0.5) is 0 Å². The Labute approximate surface area is 152 Å². The number of morpholine rings is 1. The molecule has 5 nitrogen and oxygen atoms in total. The minimum atomic E-state index is 0.0277. The monoisotopic (exact) mass is 346 g/mol. The minimum absolute atomic E-state index is 0.0277. The van der Waals surface area contributed by atoms with Crippen molar-refractivity contribution in [2.45, 2.75) is 58.4 Å². The van der Waals surface area contributed by atoms with Crippen LogP contribution in [0.5, 0.6) is 0 Å². The van der Waals surface area contributed by atoms with Crippen molar-refractivity contribution in [1.82, 2.24) is 15.5 Å². The second-order valence-electron chi connectivity index (χ2n) is 7.68. The number of hydrogen-bond donors (Lipinski definition) is 2. The van der Waals surface area contributed by atoms with Crippen LogP contribution in [0.15, 0.2) is 35.3 Å². The van der Waals surface area contributed by atoms with Crippen LogP contribution in [0.3, 0.4) is 0 Å². The molecule has 1 saturated heterocycles. The highest BCUT2D eigenvalue weighted by atomic mass is 16.5. The minimum Gasteiger partial charge on any atom is -0.373 e. The Morgan fingerprint density at radius 3 is 2.40 bits per heavy atom. The molecule has 3 atom stereocenters. The maximum Gasteiger partial charge on any atom is 0.191 e. The normalized spacial score (nSPS) is 24.0. The van der Waals surface area contributed by atoms with Crippen LogP contribution in [-0.2, 0) is 4.74 Å². The predicted octanol–water partition coefficient (Wildman–Crippen LogP) is 2.80. The van der Waals surface area contributed by atoms with Gasteiger partial charge in [0.2, 0.25) is 0 Å². The van der Waals surface area contributed by atoms with Gasteiger partial charge in [0.25, 0.3) is 0 Å². The highest BCUT2D eigenvalue weighted by molar-refractivity contribution is 5.80. The fourth-order valence-electron chi connectivity index (χ4n) is 3.31. The van der Waals surface area contributed by atoms with Gasteiger partial charge in [-0.1, -0.05) is 30.3 Å². The third-order valence-corrected chi connectivity index (χ3v) is 4.84. The number of rotatable bonds is 5. The van der Waals surface area contributed by atoms with E-state index in [4.69, 9.17) is 4.74 Å². The Morgan fingerprint density at radius 2 is 1.84 bits per heavy atom. The van der Waals surface area contributed by atoms with Gasteiger partial charge in [0, 0.05) is 32.2 Å². The molecule has 0 bridgehead atoms. The van der Waals surface area contributed by atoms with E-state index in [2.05, 4.69) is 79.4 Å². The largest absolute Gasteiger partial charge is 0.373 e. The molecule has 1 aromatic rings. The highest BCUT2D eigenvalue weighted by Gasteiger charge is 2.33. The highest BCUT2D eigenvalue weighted by Crippen LogP contribution is 2.20. The Kier molecular flexibility index (Phi) is 6.85. The average Bonchev–Trinajstić information content (AvgIpc) is 2.58. The molecular formula is C20H34N4O. The predicted molar refractivity (Wildman–Crippen MR) is 105 cm³/mol. The van der Waals surface area contributed by atoms with E-state index in [-0.39, 0.29) is 23.8 Å². The molecule has 25 heavy (non-hydrogen) atoms. The second kappa shape index (κ2) is 8.68. The number of benzene rings is 1. The summed E-state index contributed by atoms with van der Waals surface area (Å²) in [6, 6.07) is 10.6. The van der Waals surface area contributed by atoms with Gasteiger partial charge in [-0.05, 0) is 40.2 Å². The molecule has 0 spiro atoms. The zero-order valence-electron chi connectivity index (χ0n) is 16.5. The van der Waals surface area contributed by atoms with Crippen molar-refractivity contribution in [3.05, 3.63) is 35.9 Å². The Morgan fingerprint density at radius 1 is 1.24 bits per heavy atom. The summed E-state index contributed by atoms with van der Waals surface area (Å²) in [5, 5.41) is 6.97. The molecule has 1 aliphatic rings. The SMILES string of the molecule is CN=C(NCC(C)(C)N1CC(C)OC(C)C1)NC(C)c1ccccc1. The van der Waals surface area contributed by atoms with E-state index in [1.165, 1.54) is 5.56 Å². The van der Waals surface area contributed by atoms with Crippen LogP contribution in [0.2, 0.25) is 0 Å². The molecule has 0 aromatic heterocycles. The number of nitrogens with one attached hydrogen (secondary N) is 2. The number of hydrogen-bond acceptors (Lipinski definition) is 3. The van der Waals surface area contributed by atoms with Crippen molar-refractivity contribution in [1.29, 1.82) is 0 Å². The van der Waals surface area contributed by atoms with E-state index < -0.39 is 0 Å². The topological polar surface area (TPSA) is 48.9 Å². The molecule has 140 valence electrons. The molecule has 1 heterocycles. The fourth-order valence-corrected chi connectivity index (χ4v) is 3.31. The lowest BCUT2D eigenvalue weighted by molar-refractivity contribution is -0.0946. The van der Waals surface area contributed by atoms with Gasteiger partial charge < -0.3 is 15.4 Å². The summed E-state index contributed by atoms with van der Waals surface area (Å²) in [4.78, 5) is 6.89.